The highest BCUT2D eigenvalue weighted by Crippen LogP contribution is 2.11. The summed E-state index contributed by atoms with van der Waals surface area (Å²) < 4.78 is 0. The van der Waals surface area contributed by atoms with E-state index in [1.165, 1.54) is 0 Å². The summed E-state index contributed by atoms with van der Waals surface area (Å²) in [6, 6.07) is 0. The molecule has 4 N–H and O–H groups in total. The summed E-state index contributed by atoms with van der Waals surface area (Å²) in [6.45, 7) is 5.99. The minimum absolute atomic E-state index is 0.389. The Morgan fingerprint density at radius 2 is 1.80 bits per heavy atom. The molecule has 10 heavy (non-hydrogen) atoms. The van der Waals surface area contributed by atoms with Crippen LogP contribution in [0.25, 0.3) is 0 Å². The van der Waals surface area contributed by atoms with Crippen molar-refractivity contribution in [2.75, 3.05) is 7.05 Å². The Balaban J connectivity index is 4.44. The summed E-state index contributed by atoms with van der Waals surface area (Å²) in [6.07, 6.45) is 0. The molecule has 0 radical (unpaired) electrons. The summed E-state index contributed by atoms with van der Waals surface area (Å²) >= 11 is 0. The van der Waals surface area contributed by atoms with E-state index in [4.69, 9.17) is 11.6 Å². The lowest BCUT2D eigenvalue weighted by Crippen LogP contribution is -2.30. The van der Waals surface area contributed by atoms with Gasteiger partial charge in [0.25, 0.3) is 0 Å². The van der Waals surface area contributed by atoms with Crippen LogP contribution >= 0.6 is 0 Å². The molecular formula is C7H17N3. The Labute approximate surface area is 62.6 Å². The van der Waals surface area contributed by atoms with Gasteiger partial charge in [-0.2, -0.15) is 0 Å². The van der Waals surface area contributed by atoms with E-state index in [1.807, 2.05) is 6.92 Å². The first-order valence-electron chi connectivity index (χ1n) is 3.41. The molecule has 0 fully saturated rings. The molecule has 0 unspecified atom stereocenters. The standard InChI is InChI=1S/C7H17N3/c1-5(2)7(6(3)8)10(4)9/h5H,8-9H2,1-4H3/b7-6-. The van der Waals surface area contributed by atoms with Gasteiger partial charge in [0.15, 0.2) is 0 Å². The monoisotopic (exact) mass is 143 g/mol. The average Bonchev–Trinajstić information content (AvgIpc) is 1.59. The second kappa shape index (κ2) is 3.46. The molecule has 0 aliphatic rings. The highest BCUT2D eigenvalue weighted by molar-refractivity contribution is 5.08. The normalized spacial score (nSPS) is 13.4. The summed E-state index contributed by atoms with van der Waals surface area (Å²) in [5, 5.41) is 1.57. The third-order valence-corrected chi connectivity index (χ3v) is 1.33. The lowest BCUT2D eigenvalue weighted by molar-refractivity contribution is 0.384. The van der Waals surface area contributed by atoms with Gasteiger partial charge < -0.3 is 10.7 Å². The molecule has 0 aliphatic carbocycles. The maximum absolute atomic E-state index is 5.60. The van der Waals surface area contributed by atoms with Crippen LogP contribution in [0.2, 0.25) is 0 Å². The lowest BCUT2D eigenvalue weighted by atomic mass is 10.1. The fourth-order valence-corrected chi connectivity index (χ4v) is 1.14. The maximum atomic E-state index is 5.60. The van der Waals surface area contributed by atoms with Crippen LogP contribution in [0, 0.1) is 5.92 Å². The van der Waals surface area contributed by atoms with Crippen molar-refractivity contribution in [3.8, 4) is 0 Å². The molecule has 0 aliphatic heterocycles. The van der Waals surface area contributed by atoms with Crippen LogP contribution in [-0.2, 0) is 0 Å². The topological polar surface area (TPSA) is 55.3 Å². The first-order valence-corrected chi connectivity index (χ1v) is 3.41. The van der Waals surface area contributed by atoms with E-state index in [9.17, 15) is 0 Å². The lowest BCUT2D eigenvalue weighted by Gasteiger charge is -2.21. The zero-order valence-corrected chi connectivity index (χ0v) is 7.18. The molecule has 3 nitrogen and oxygen atoms in total. The van der Waals surface area contributed by atoms with Crippen LogP contribution in [0.15, 0.2) is 11.4 Å². The molecule has 0 rings (SSSR count). The van der Waals surface area contributed by atoms with Gasteiger partial charge in [0.05, 0.1) is 0 Å². The Morgan fingerprint density at radius 1 is 1.40 bits per heavy atom. The zero-order chi connectivity index (χ0) is 8.31. The number of nitrogens with zero attached hydrogens (tertiary/aromatic N) is 1. The number of hydrogen-bond acceptors (Lipinski definition) is 3. The van der Waals surface area contributed by atoms with Crippen molar-refractivity contribution in [3.05, 3.63) is 11.4 Å². The van der Waals surface area contributed by atoms with Gasteiger partial charge in [-0.15, -0.1) is 0 Å². The molecule has 0 amide bonds. The van der Waals surface area contributed by atoms with Crippen molar-refractivity contribution in [2.45, 2.75) is 20.8 Å². The zero-order valence-electron chi connectivity index (χ0n) is 7.18. The third kappa shape index (κ3) is 2.27. The van der Waals surface area contributed by atoms with E-state index in [0.717, 1.165) is 11.4 Å². The van der Waals surface area contributed by atoms with Crippen molar-refractivity contribution in [1.82, 2.24) is 5.01 Å². The van der Waals surface area contributed by atoms with Gasteiger partial charge in [-0.3, -0.25) is 0 Å². The molecule has 60 valence electrons. The van der Waals surface area contributed by atoms with Crippen molar-refractivity contribution in [1.29, 1.82) is 0 Å². The molecule has 0 saturated carbocycles. The minimum atomic E-state index is 0.389. The van der Waals surface area contributed by atoms with Crippen molar-refractivity contribution in [3.63, 3.8) is 0 Å². The van der Waals surface area contributed by atoms with Crippen LogP contribution in [0.1, 0.15) is 20.8 Å². The molecule has 0 aromatic heterocycles. The van der Waals surface area contributed by atoms with E-state index in [1.54, 1.807) is 12.1 Å². The highest BCUT2D eigenvalue weighted by atomic mass is 15.4. The smallest absolute Gasteiger partial charge is 0.0497 e. The quantitative estimate of drug-likeness (QED) is 0.440. The van der Waals surface area contributed by atoms with E-state index in [0.29, 0.717) is 5.92 Å². The maximum Gasteiger partial charge on any atom is 0.0497 e. The molecule has 0 heterocycles. The Hall–Kier alpha value is -0.700. The summed E-state index contributed by atoms with van der Waals surface area (Å²) in [5.74, 6) is 5.92. The third-order valence-electron chi connectivity index (χ3n) is 1.33. The Kier molecular flexibility index (Phi) is 3.22. The first-order chi connectivity index (χ1) is 4.46. The van der Waals surface area contributed by atoms with Crippen molar-refractivity contribution >= 4 is 0 Å². The van der Waals surface area contributed by atoms with E-state index < -0.39 is 0 Å². The number of hydrazine groups is 1. The fraction of sp³-hybridized carbons (Fsp3) is 0.714. The number of nitrogens with two attached hydrogens (primary N) is 2. The minimum Gasteiger partial charge on any atom is -0.401 e. The first kappa shape index (κ1) is 9.30. The Morgan fingerprint density at radius 3 is 1.80 bits per heavy atom. The highest BCUT2D eigenvalue weighted by Gasteiger charge is 2.07. The average molecular weight is 143 g/mol. The van der Waals surface area contributed by atoms with Crippen LogP contribution in [0.5, 0.6) is 0 Å². The van der Waals surface area contributed by atoms with Crippen LogP contribution < -0.4 is 11.6 Å². The van der Waals surface area contributed by atoms with E-state index in [-0.39, 0.29) is 0 Å². The molecule has 0 aromatic carbocycles. The molecule has 0 aromatic rings. The molecular weight excluding hydrogens is 126 g/mol. The predicted octanol–water partition coefficient (Wildman–Crippen LogP) is 0.638. The van der Waals surface area contributed by atoms with Crippen molar-refractivity contribution in [2.24, 2.45) is 17.5 Å². The Bertz CT molecular complexity index is 122. The van der Waals surface area contributed by atoms with Crippen LogP contribution in [0.4, 0.5) is 0 Å². The molecule has 3 heteroatoms. The largest absolute Gasteiger partial charge is 0.401 e. The van der Waals surface area contributed by atoms with E-state index in [2.05, 4.69) is 13.8 Å². The number of allylic oxidation sites excluding steroid dienone is 2. The van der Waals surface area contributed by atoms with Gasteiger partial charge >= 0.3 is 0 Å². The fourth-order valence-electron chi connectivity index (χ4n) is 1.14. The van der Waals surface area contributed by atoms with Gasteiger partial charge in [0, 0.05) is 18.4 Å². The molecule has 0 saturated heterocycles. The summed E-state index contributed by atoms with van der Waals surface area (Å²) in [4.78, 5) is 0. The molecule has 0 bridgehead atoms. The van der Waals surface area contributed by atoms with Gasteiger partial charge in [-0.1, -0.05) is 13.8 Å². The van der Waals surface area contributed by atoms with Crippen molar-refractivity contribution < 1.29 is 0 Å². The van der Waals surface area contributed by atoms with Gasteiger partial charge in [-0.05, 0) is 12.8 Å². The van der Waals surface area contributed by atoms with Gasteiger partial charge in [0.2, 0.25) is 0 Å². The predicted molar refractivity (Wildman–Crippen MR) is 43.7 cm³/mol. The summed E-state index contributed by atoms with van der Waals surface area (Å²) in [7, 11) is 1.80. The SMILES string of the molecule is C/C(N)=C(\C(C)C)N(C)N. The summed E-state index contributed by atoms with van der Waals surface area (Å²) in [5.41, 5.74) is 7.39. The number of hydrogen-bond donors (Lipinski definition) is 2. The van der Waals surface area contributed by atoms with Crippen LogP contribution in [-0.4, -0.2) is 12.1 Å². The van der Waals surface area contributed by atoms with Gasteiger partial charge in [0.1, 0.15) is 0 Å². The second-order valence-electron chi connectivity index (χ2n) is 2.83. The number of rotatable bonds is 2. The van der Waals surface area contributed by atoms with Gasteiger partial charge in [-0.25, -0.2) is 5.84 Å². The molecule has 0 atom stereocenters. The second-order valence-corrected chi connectivity index (χ2v) is 2.83. The van der Waals surface area contributed by atoms with Crippen LogP contribution in [0.3, 0.4) is 0 Å². The molecule has 0 spiro atoms. The van der Waals surface area contributed by atoms with E-state index >= 15 is 0 Å².